The summed E-state index contributed by atoms with van der Waals surface area (Å²) in [6.45, 7) is 0. The molecule has 1 aromatic carbocycles. The molecule has 54 valence electrons. The van der Waals surface area contributed by atoms with E-state index in [0.717, 1.165) is 0 Å². The van der Waals surface area contributed by atoms with E-state index in [1.165, 1.54) is 6.07 Å². The molecule has 0 bridgehead atoms. The van der Waals surface area contributed by atoms with Crippen LogP contribution in [-0.4, -0.2) is 5.11 Å². The molecule has 0 fully saturated rings. The van der Waals surface area contributed by atoms with Gasteiger partial charge in [-0.2, -0.15) is 0 Å². The van der Waals surface area contributed by atoms with Crippen LogP contribution < -0.4 is 11.5 Å². The Hall–Kier alpha value is -0.930. The number of anilines is 1. The number of hydrogen-bond donors (Lipinski definition) is 3. The summed E-state index contributed by atoms with van der Waals surface area (Å²) in [4.78, 5) is 0. The highest BCUT2D eigenvalue weighted by Gasteiger charge is 2.05. The Morgan fingerprint density at radius 2 is 2.10 bits per heavy atom. The number of phenols is 1. The average molecular weight is 160 g/mol. The number of aromatic hydroxyl groups is 1. The van der Waals surface area contributed by atoms with Gasteiger partial charge in [0, 0.05) is 11.1 Å². The van der Waals surface area contributed by atoms with Crippen LogP contribution in [0.25, 0.3) is 0 Å². The predicted octanol–water partition coefficient (Wildman–Crippen LogP) is 0.501. The molecule has 4 heteroatoms. The maximum atomic E-state index is 9.08. The molecule has 0 amide bonds. The maximum absolute atomic E-state index is 9.08. The standard InChI is InChI=1S/C6H7ClN2O/c7-3-1-4(8)6(10)5(9)2-3/h1-2,10H,8-9H2/p+1. The van der Waals surface area contributed by atoms with Gasteiger partial charge in [0.15, 0.2) is 5.69 Å². The maximum Gasteiger partial charge on any atom is 0.200 e. The first-order valence-electron chi connectivity index (χ1n) is 2.71. The highest BCUT2D eigenvalue weighted by molar-refractivity contribution is 6.31. The van der Waals surface area contributed by atoms with E-state index in [1.807, 2.05) is 0 Å². The van der Waals surface area contributed by atoms with Crippen molar-refractivity contribution in [3.8, 4) is 5.75 Å². The molecular weight excluding hydrogens is 152 g/mol. The molecule has 0 unspecified atom stereocenters. The van der Waals surface area contributed by atoms with Crippen LogP contribution >= 0.6 is 11.6 Å². The van der Waals surface area contributed by atoms with Crippen LogP contribution in [0.2, 0.25) is 5.02 Å². The van der Waals surface area contributed by atoms with Crippen molar-refractivity contribution in [2.75, 3.05) is 5.73 Å². The lowest BCUT2D eigenvalue weighted by molar-refractivity contribution is -0.256. The number of phenolic OH excluding ortho intramolecular Hbond substituents is 1. The second-order valence-electron chi connectivity index (χ2n) is 2.00. The van der Waals surface area contributed by atoms with Gasteiger partial charge in [-0.3, -0.25) is 0 Å². The zero-order valence-corrected chi connectivity index (χ0v) is 6.02. The molecule has 1 rings (SSSR count). The van der Waals surface area contributed by atoms with Gasteiger partial charge in [-0.15, -0.1) is 0 Å². The normalized spacial score (nSPS) is 9.80. The Labute approximate surface area is 63.2 Å². The molecule has 0 atom stereocenters. The third-order valence-corrected chi connectivity index (χ3v) is 1.40. The number of nitrogen functional groups attached to an aromatic ring is 1. The minimum atomic E-state index is 0.00407. The van der Waals surface area contributed by atoms with Crippen molar-refractivity contribution in [2.24, 2.45) is 0 Å². The molecule has 0 aliphatic rings. The highest BCUT2D eigenvalue weighted by Crippen LogP contribution is 2.29. The Morgan fingerprint density at radius 1 is 1.50 bits per heavy atom. The first kappa shape index (κ1) is 7.18. The van der Waals surface area contributed by atoms with Gasteiger partial charge < -0.3 is 16.6 Å². The van der Waals surface area contributed by atoms with Gasteiger partial charge in [0.2, 0.25) is 5.75 Å². The topological polar surface area (TPSA) is 73.9 Å². The molecule has 0 saturated heterocycles. The molecule has 0 aliphatic heterocycles. The van der Waals surface area contributed by atoms with Crippen molar-refractivity contribution >= 4 is 23.0 Å². The lowest BCUT2D eigenvalue weighted by Crippen LogP contribution is -2.40. The second-order valence-corrected chi connectivity index (χ2v) is 2.44. The molecule has 0 radical (unpaired) electrons. The fourth-order valence-corrected chi connectivity index (χ4v) is 0.928. The Morgan fingerprint density at radius 3 is 2.60 bits per heavy atom. The van der Waals surface area contributed by atoms with E-state index < -0.39 is 0 Å². The fourth-order valence-electron chi connectivity index (χ4n) is 0.679. The van der Waals surface area contributed by atoms with E-state index in [4.69, 9.17) is 22.4 Å². The van der Waals surface area contributed by atoms with E-state index in [2.05, 4.69) is 5.73 Å². The van der Waals surface area contributed by atoms with Crippen molar-refractivity contribution in [3.05, 3.63) is 17.2 Å². The Balaban J connectivity index is 3.31. The predicted molar refractivity (Wildman–Crippen MR) is 40.1 cm³/mol. The lowest BCUT2D eigenvalue weighted by Gasteiger charge is -1.98. The summed E-state index contributed by atoms with van der Waals surface area (Å²) in [5.74, 6) is 0.00407. The number of hydrogen-bond acceptors (Lipinski definition) is 2. The van der Waals surface area contributed by atoms with E-state index in [1.54, 1.807) is 6.07 Å². The van der Waals surface area contributed by atoms with Crippen LogP contribution in [-0.2, 0) is 0 Å². The summed E-state index contributed by atoms with van der Waals surface area (Å²) in [6.07, 6.45) is 0. The van der Waals surface area contributed by atoms with Crippen molar-refractivity contribution < 1.29 is 10.8 Å². The molecule has 0 aromatic heterocycles. The molecule has 10 heavy (non-hydrogen) atoms. The minimum absolute atomic E-state index is 0.00407. The SMILES string of the molecule is Nc1cc(Cl)cc([NH3+])c1O. The summed E-state index contributed by atoms with van der Waals surface area (Å²) >= 11 is 5.59. The second kappa shape index (κ2) is 2.36. The molecule has 0 spiro atoms. The summed E-state index contributed by atoms with van der Waals surface area (Å²) in [6, 6.07) is 3.03. The summed E-state index contributed by atoms with van der Waals surface area (Å²) in [5, 5.41) is 9.57. The third kappa shape index (κ3) is 1.15. The van der Waals surface area contributed by atoms with Gasteiger partial charge >= 0.3 is 0 Å². The largest absolute Gasteiger partial charge is 0.501 e. The molecule has 0 heterocycles. The number of benzene rings is 1. The van der Waals surface area contributed by atoms with Crippen LogP contribution in [0.4, 0.5) is 11.4 Å². The molecule has 0 saturated carbocycles. The quantitative estimate of drug-likeness (QED) is 0.381. The molecular formula is C6H8ClN2O+. The highest BCUT2D eigenvalue weighted by atomic mass is 35.5. The van der Waals surface area contributed by atoms with Crippen LogP contribution in [0.15, 0.2) is 12.1 Å². The van der Waals surface area contributed by atoms with Crippen molar-refractivity contribution in [1.29, 1.82) is 0 Å². The zero-order valence-electron chi connectivity index (χ0n) is 5.26. The number of nitrogens with two attached hydrogens (primary N) is 1. The lowest BCUT2D eigenvalue weighted by atomic mass is 10.2. The van der Waals surface area contributed by atoms with Gasteiger partial charge in [-0.25, -0.2) is 0 Å². The molecule has 6 N–H and O–H groups in total. The molecule has 3 nitrogen and oxygen atoms in total. The summed E-state index contributed by atoms with van der Waals surface area (Å²) in [7, 11) is 0. The average Bonchev–Trinajstić information content (AvgIpc) is 1.82. The van der Waals surface area contributed by atoms with Crippen LogP contribution in [0, 0.1) is 0 Å². The molecule has 0 aliphatic carbocycles. The summed E-state index contributed by atoms with van der Waals surface area (Å²) < 4.78 is 0. The van der Waals surface area contributed by atoms with Crippen LogP contribution in [0.5, 0.6) is 5.75 Å². The van der Waals surface area contributed by atoms with Crippen molar-refractivity contribution in [1.82, 2.24) is 0 Å². The van der Waals surface area contributed by atoms with Gasteiger partial charge in [0.25, 0.3) is 0 Å². The monoisotopic (exact) mass is 159 g/mol. The van der Waals surface area contributed by atoms with Gasteiger partial charge in [-0.1, -0.05) is 11.6 Å². The summed E-state index contributed by atoms with van der Waals surface area (Å²) in [5.41, 5.74) is 9.59. The Kier molecular flexibility index (Phi) is 1.70. The van der Waals surface area contributed by atoms with E-state index in [-0.39, 0.29) is 11.4 Å². The van der Waals surface area contributed by atoms with Gasteiger partial charge in [-0.05, 0) is 6.07 Å². The van der Waals surface area contributed by atoms with Crippen molar-refractivity contribution in [3.63, 3.8) is 0 Å². The first-order chi connectivity index (χ1) is 4.61. The molecule has 1 aromatic rings. The van der Waals surface area contributed by atoms with Gasteiger partial charge in [0.1, 0.15) is 0 Å². The van der Waals surface area contributed by atoms with E-state index in [0.29, 0.717) is 10.7 Å². The number of quaternary nitrogens is 1. The van der Waals surface area contributed by atoms with Gasteiger partial charge in [0.05, 0.1) is 5.69 Å². The van der Waals surface area contributed by atoms with E-state index in [9.17, 15) is 0 Å². The third-order valence-electron chi connectivity index (χ3n) is 1.18. The number of rotatable bonds is 0. The van der Waals surface area contributed by atoms with Crippen LogP contribution in [0.3, 0.4) is 0 Å². The minimum Gasteiger partial charge on any atom is -0.501 e. The van der Waals surface area contributed by atoms with Crippen molar-refractivity contribution in [2.45, 2.75) is 0 Å². The Bertz CT molecular complexity index is 239. The first-order valence-corrected chi connectivity index (χ1v) is 3.09. The van der Waals surface area contributed by atoms with E-state index >= 15 is 0 Å². The zero-order chi connectivity index (χ0) is 7.72. The fraction of sp³-hybridized carbons (Fsp3) is 0. The number of halogens is 1. The smallest absolute Gasteiger partial charge is 0.200 e. The van der Waals surface area contributed by atoms with Crippen LogP contribution in [0.1, 0.15) is 0 Å².